The van der Waals surface area contributed by atoms with Gasteiger partial charge in [0.25, 0.3) is 23.6 Å². The molecular weight excluding hydrogens is 1280 g/mol. The molecular formula is C67H76N2O24SSi. The largest absolute Gasteiger partial charge is 0.463 e. The molecule has 0 spiro atoms. The van der Waals surface area contributed by atoms with Gasteiger partial charge in [0.15, 0.2) is 51.4 Å². The summed E-state index contributed by atoms with van der Waals surface area (Å²) in [5.74, 6) is -10.4. The molecule has 3 fully saturated rings. The third kappa shape index (κ3) is 15.9. The van der Waals surface area contributed by atoms with E-state index in [-0.39, 0.29) is 45.2 Å². The number of amides is 4. The minimum atomic E-state index is -2.82. The number of carbonyl (C=O) groups excluding carboxylic acids is 11. The Hall–Kier alpha value is -8.22. The molecule has 0 aromatic heterocycles. The number of nitrogens with zero attached hydrogens (tertiary/aromatic N) is 2. The zero-order chi connectivity index (χ0) is 69.0. The predicted octanol–water partition coefficient (Wildman–Crippen LogP) is 6.80. The van der Waals surface area contributed by atoms with Crippen molar-refractivity contribution in [2.24, 2.45) is 0 Å². The van der Waals surface area contributed by atoms with Crippen LogP contribution >= 0.6 is 11.8 Å². The Morgan fingerprint density at radius 3 is 1.29 bits per heavy atom. The molecule has 4 aromatic rings. The fraction of sp³-hybridized carbons (Fsp3) is 0.478. The van der Waals surface area contributed by atoms with E-state index in [1.807, 2.05) is 47.7 Å². The van der Waals surface area contributed by atoms with E-state index in [2.05, 4.69) is 0 Å². The molecule has 0 saturated carbocycles. The second kappa shape index (κ2) is 29.8. The summed E-state index contributed by atoms with van der Waals surface area (Å²) < 4.78 is 83.9. The minimum Gasteiger partial charge on any atom is -0.463 e. The summed E-state index contributed by atoms with van der Waals surface area (Å²) in [6.07, 6.45) is -22.8. The molecule has 28 heteroatoms. The van der Waals surface area contributed by atoms with Gasteiger partial charge in [0, 0.05) is 39.9 Å². The number of hydrogen-bond donors (Lipinski definition) is 0. The first kappa shape index (κ1) is 71.1. The van der Waals surface area contributed by atoms with Crippen molar-refractivity contribution in [2.75, 3.05) is 19.8 Å². The lowest BCUT2D eigenvalue weighted by molar-refractivity contribution is -0.364. The first-order chi connectivity index (χ1) is 45.0. The molecule has 3 saturated heterocycles. The molecule has 4 aromatic carbocycles. The summed E-state index contributed by atoms with van der Waals surface area (Å²) in [5, 5.41) is -0.708. The highest BCUT2D eigenvalue weighted by Gasteiger charge is 2.63. The lowest BCUT2D eigenvalue weighted by atomic mass is 9.93. The SMILES string of the molecule is CC(=O)OC[C@H]1O[C@@H](O[C@H]2[C@@H](OC(C)=O)[C@@H](COC(=O)c3ccccc3)O[C@@H](O[C@H]3[C@H](OC(C)=O)[C@@H](N4C(=O)c5ccccc5C4=O)[C@H](SC(C)C)O[C@@H]3CO[Si](C)(C)C(C)(C)C)[C@@H]2OC(=O)c2ccccc2)[C@H](N2C(=O)c3ccccc3C2=O)[C@@H](OC(C)=O)[C@@H]1OC(C)=O. The maximum absolute atomic E-state index is 15.1. The highest BCUT2D eigenvalue weighted by atomic mass is 32.2. The van der Waals surface area contributed by atoms with Crippen LogP contribution in [0.25, 0.3) is 0 Å². The molecule has 15 atom stereocenters. The van der Waals surface area contributed by atoms with Crippen molar-refractivity contribution >= 4 is 85.5 Å². The van der Waals surface area contributed by atoms with Gasteiger partial charge in [-0.05, 0) is 66.7 Å². The molecule has 4 amide bonds. The number of esters is 7. The summed E-state index contributed by atoms with van der Waals surface area (Å²) in [4.78, 5) is 157. The Morgan fingerprint density at radius 2 is 0.842 bits per heavy atom. The van der Waals surface area contributed by atoms with Crippen LogP contribution in [-0.2, 0) is 85.2 Å². The Bertz CT molecular complexity index is 3500. The van der Waals surface area contributed by atoms with Crippen LogP contribution in [-0.4, -0.2) is 200 Å². The number of benzene rings is 4. The highest BCUT2D eigenvalue weighted by Crippen LogP contribution is 2.45. The van der Waals surface area contributed by atoms with Crippen molar-refractivity contribution < 1.29 is 114 Å². The molecule has 0 unspecified atom stereocenters. The molecule has 0 aliphatic carbocycles. The van der Waals surface area contributed by atoms with Crippen LogP contribution in [0, 0.1) is 0 Å². The topological polar surface area (TPSA) is 314 Å². The molecule has 9 rings (SSSR count). The van der Waals surface area contributed by atoms with Crippen molar-refractivity contribution in [3.05, 3.63) is 143 Å². The summed E-state index contributed by atoms with van der Waals surface area (Å²) in [6.45, 7) is 16.8. The van der Waals surface area contributed by atoms with Crippen molar-refractivity contribution in [1.29, 1.82) is 0 Å². The van der Waals surface area contributed by atoms with Gasteiger partial charge in [-0.15, -0.1) is 11.8 Å². The lowest BCUT2D eigenvalue weighted by Crippen LogP contribution is -2.71. The van der Waals surface area contributed by atoms with Gasteiger partial charge >= 0.3 is 41.8 Å². The van der Waals surface area contributed by atoms with Crippen LogP contribution in [0.5, 0.6) is 0 Å². The van der Waals surface area contributed by atoms with Gasteiger partial charge in [0.05, 0.1) is 40.0 Å². The van der Waals surface area contributed by atoms with Crippen molar-refractivity contribution in [3.8, 4) is 0 Å². The van der Waals surface area contributed by atoms with E-state index >= 15 is 4.79 Å². The minimum absolute atomic E-state index is 0.0378. The van der Waals surface area contributed by atoms with E-state index in [9.17, 15) is 47.9 Å². The predicted molar refractivity (Wildman–Crippen MR) is 334 cm³/mol. The second-order valence-corrected chi connectivity index (χ2v) is 31.4. The van der Waals surface area contributed by atoms with Crippen molar-refractivity contribution in [2.45, 2.75) is 184 Å². The number of thioether (sulfide) groups is 1. The molecule has 26 nitrogen and oxygen atoms in total. The number of ether oxygens (including phenoxy) is 12. The monoisotopic (exact) mass is 1350 g/mol. The smallest absolute Gasteiger partial charge is 0.338 e. The van der Waals surface area contributed by atoms with Crippen LogP contribution in [0.4, 0.5) is 0 Å². The molecule has 5 aliphatic heterocycles. The average Bonchev–Trinajstić information content (AvgIpc) is 1.70. The Kier molecular flexibility index (Phi) is 22.3. The number of rotatable bonds is 22. The third-order valence-electron chi connectivity index (χ3n) is 16.8. The molecule has 95 heavy (non-hydrogen) atoms. The Morgan fingerprint density at radius 1 is 0.453 bits per heavy atom. The van der Waals surface area contributed by atoms with E-state index in [1.54, 1.807) is 36.4 Å². The molecule has 5 aliphatic rings. The number of carbonyl (C=O) groups is 11. The second-order valence-electron chi connectivity index (χ2n) is 24.9. The highest BCUT2D eigenvalue weighted by molar-refractivity contribution is 8.00. The van der Waals surface area contributed by atoms with Gasteiger partial charge in [-0.3, -0.25) is 53.0 Å². The summed E-state index contributed by atoms with van der Waals surface area (Å²) in [7, 11) is -2.82. The summed E-state index contributed by atoms with van der Waals surface area (Å²) in [5.41, 5.74) is -1.41. The van der Waals surface area contributed by atoms with Crippen molar-refractivity contribution in [3.63, 3.8) is 0 Å². The van der Waals surface area contributed by atoms with Gasteiger partial charge in [-0.1, -0.05) is 95.3 Å². The van der Waals surface area contributed by atoms with E-state index in [0.717, 1.165) is 39.5 Å². The van der Waals surface area contributed by atoms with E-state index in [0.29, 0.717) is 4.90 Å². The van der Waals surface area contributed by atoms with Crippen LogP contribution < -0.4 is 0 Å². The van der Waals surface area contributed by atoms with Crippen molar-refractivity contribution in [1.82, 2.24) is 9.80 Å². The van der Waals surface area contributed by atoms with E-state index in [4.69, 9.17) is 61.3 Å². The fourth-order valence-corrected chi connectivity index (χ4v) is 13.7. The van der Waals surface area contributed by atoms with Crippen LogP contribution in [0.2, 0.25) is 18.1 Å². The van der Waals surface area contributed by atoms with Gasteiger partial charge < -0.3 is 61.3 Å². The summed E-state index contributed by atoms with van der Waals surface area (Å²) in [6, 6.07) is 23.4. The van der Waals surface area contributed by atoms with E-state index < -0.39 is 183 Å². The first-order valence-electron chi connectivity index (χ1n) is 30.8. The van der Waals surface area contributed by atoms with Crippen LogP contribution in [0.1, 0.15) is 131 Å². The van der Waals surface area contributed by atoms with Crippen LogP contribution in [0.15, 0.2) is 109 Å². The standard InChI is InChI=1S/C67H76N2O24SSi/c1-34(2)94-66-50(69-60(77)44-29-21-22-30-45(44)61(69)78)55(87-39(7)74)52(48(90-66)33-83-95(11,12)67(8,9)10)92-65-57(91-63(80)41-25-17-14-18-26-41)56(53(85-37(5)72)47(89-65)32-82-62(79)40-23-15-13-16-24-40)93-64-49(68-58(75)42-27-19-20-28-43(42)59(68)76)54(86-38(6)73)51(84-36(4)71)46(88-64)31-81-35(3)70/h13-30,34,46-57,64-66H,31-33H2,1-12H3/t46-,47-,48-,49-,50-,51-,52-,53+,54-,55-,56+,57-,64+,65+,66+/m1/s1. The quantitative estimate of drug-likeness (QED) is 0.0338. The number of hydrogen-bond acceptors (Lipinski definition) is 25. The summed E-state index contributed by atoms with van der Waals surface area (Å²) >= 11 is 1.20. The van der Waals surface area contributed by atoms with Gasteiger partial charge in [0.2, 0.25) is 0 Å². The first-order valence-corrected chi connectivity index (χ1v) is 34.6. The van der Waals surface area contributed by atoms with Crippen LogP contribution in [0.3, 0.4) is 0 Å². The zero-order valence-corrected chi connectivity index (χ0v) is 56.2. The molecule has 0 bridgehead atoms. The normalized spacial score (nSPS) is 27.4. The molecule has 5 heterocycles. The van der Waals surface area contributed by atoms with Gasteiger partial charge in [0.1, 0.15) is 61.3 Å². The third-order valence-corrected chi connectivity index (χ3v) is 22.5. The van der Waals surface area contributed by atoms with Gasteiger partial charge in [-0.2, -0.15) is 0 Å². The maximum Gasteiger partial charge on any atom is 0.338 e. The molecule has 0 radical (unpaired) electrons. The average molecular weight is 1350 g/mol. The van der Waals surface area contributed by atoms with E-state index in [1.165, 1.54) is 84.6 Å². The Balaban J connectivity index is 1.28. The maximum atomic E-state index is 15.1. The number of fused-ring (bicyclic) bond motifs is 2. The number of imide groups is 2. The van der Waals surface area contributed by atoms with Gasteiger partial charge in [-0.25, -0.2) is 9.59 Å². The Labute approximate surface area is 553 Å². The zero-order valence-electron chi connectivity index (χ0n) is 54.4. The lowest BCUT2D eigenvalue weighted by Gasteiger charge is -2.52. The molecule has 0 N–H and O–H groups in total. The fourth-order valence-electron chi connectivity index (χ4n) is 11.5. The molecule has 508 valence electrons.